The topological polar surface area (TPSA) is 149 Å². The number of hydrogen-bond donors (Lipinski definition) is 4. The van der Waals surface area contributed by atoms with Crippen molar-refractivity contribution in [3.8, 4) is 11.1 Å². The highest BCUT2D eigenvalue weighted by molar-refractivity contribution is 5.88. The van der Waals surface area contributed by atoms with Crippen LogP contribution >= 0.6 is 12.4 Å². The van der Waals surface area contributed by atoms with Crippen LogP contribution in [-0.4, -0.2) is 74.2 Å². The van der Waals surface area contributed by atoms with Crippen LogP contribution in [0.1, 0.15) is 42.9 Å². The van der Waals surface area contributed by atoms with Gasteiger partial charge in [0.2, 0.25) is 0 Å². The van der Waals surface area contributed by atoms with Gasteiger partial charge in [0.25, 0.3) is 5.91 Å². The number of carbonyl (C=O) groups is 3. The maximum atomic E-state index is 13.3. The van der Waals surface area contributed by atoms with E-state index in [9.17, 15) is 19.5 Å². The normalized spacial score (nSPS) is 13.8. The van der Waals surface area contributed by atoms with E-state index >= 15 is 0 Å². The number of hydrogen-bond acceptors (Lipinski definition) is 8. The molecule has 0 aliphatic heterocycles. The molecule has 3 atom stereocenters. The van der Waals surface area contributed by atoms with Gasteiger partial charge in [-0.15, -0.1) is 12.4 Å². The lowest BCUT2D eigenvalue weighted by molar-refractivity contribution is -0.151. The zero-order chi connectivity index (χ0) is 32.2. The number of fused-ring (bicyclic) bond motifs is 3. The molecule has 3 aromatic carbocycles. The average Bonchev–Trinajstić information content (AvgIpc) is 3.36. The first kappa shape index (κ1) is 36.5. The number of nitrogens with one attached hydrogen (secondary N) is 2. The first-order chi connectivity index (χ1) is 21.8. The van der Waals surface area contributed by atoms with Crippen molar-refractivity contribution in [2.75, 3.05) is 33.0 Å². The van der Waals surface area contributed by atoms with Crippen molar-refractivity contribution < 1.29 is 33.7 Å². The number of nitrogens with two attached hydrogens (primary N) is 1. The van der Waals surface area contributed by atoms with Gasteiger partial charge in [0.05, 0.1) is 19.3 Å². The molecule has 1 aliphatic rings. The molecule has 4 rings (SSSR count). The van der Waals surface area contributed by atoms with Gasteiger partial charge in [-0.3, -0.25) is 4.79 Å². The second-order valence-corrected chi connectivity index (χ2v) is 11.5. The maximum Gasteiger partial charge on any atom is 0.407 e. The van der Waals surface area contributed by atoms with Crippen molar-refractivity contribution in [3.05, 3.63) is 95.6 Å². The average molecular weight is 654 g/mol. The summed E-state index contributed by atoms with van der Waals surface area (Å²) in [6.45, 7) is 4.77. The van der Waals surface area contributed by atoms with Crippen molar-refractivity contribution in [2.24, 2.45) is 11.7 Å². The van der Waals surface area contributed by atoms with Crippen molar-refractivity contribution in [1.82, 2.24) is 10.6 Å². The number of ether oxygens (including phenoxy) is 3. The number of alkyl carbamates (subject to hydrolysis) is 1. The van der Waals surface area contributed by atoms with Gasteiger partial charge in [-0.05, 0) is 46.6 Å². The molecular formula is C35H44ClN3O7. The zero-order valence-electron chi connectivity index (χ0n) is 26.2. The number of amides is 2. The second kappa shape index (κ2) is 18.3. The summed E-state index contributed by atoms with van der Waals surface area (Å²) in [5, 5.41) is 16.5. The van der Waals surface area contributed by atoms with Gasteiger partial charge in [-0.25, -0.2) is 9.59 Å². The minimum atomic E-state index is -1.68. The molecule has 0 bridgehead atoms. The van der Waals surface area contributed by atoms with Crippen LogP contribution in [0.2, 0.25) is 0 Å². The summed E-state index contributed by atoms with van der Waals surface area (Å²) in [4.78, 5) is 39.3. The smallest absolute Gasteiger partial charge is 0.407 e. The number of aliphatic hydroxyl groups excluding tert-OH is 1. The summed E-state index contributed by atoms with van der Waals surface area (Å²) in [5.74, 6) is -1.54. The Kier molecular flexibility index (Phi) is 14.5. The number of rotatable bonds is 16. The van der Waals surface area contributed by atoms with Gasteiger partial charge < -0.3 is 35.7 Å². The fourth-order valence-corrected chi connectivity index (χ4v) is 5.51. The maximum absolute atomic E-state index is 13.3. The summed E-state index contributed by atoms with van der Waals surface area (Å²) in [6, 6.07) is 23.2. The highest BCUT2D eigenvalue weighted by Gasteiger charge is 2.33. The Labute approximate surface area is 276 Å². The molecule has 248 valence electrons. The van der Waals surface area contributed by atoms with E-state index in [2.05, 4.69) is 22.8 Å². The van der Waals surface area contributed by atoms with Crippen LogP contribution < -0.4 is 16.4 Å². The third-order valence-electron chi connectivity index (χ3n) is 7.64. The molecule has 11 heteroatoms. The van der Waals surface area contributed by atoms with Crippen LogP contribution in [-0.2, 0) is 30.2 Å². The molecule has 1 aliphatic carbocycles. The van der Waals surface area contributed by atoms with Crippen molar-refractivity contribution in [1.29, 1.82) is 0 Å². The van der Waals surface area contributed by atoms with E-state index < -0.39 is 36.2 Å². The highest BCUT2D eigenvalue weighted by Crippen LogP contribution is 2.44. The molecule has 0 spiro atoms. The molecule has 3 aromatic rings. The van der Waals surface area contributed by atoms with Crippen LogP contribution in [0.3, 0.4) is 0 Å². The van der Waals surface area contributed by atoms with Crippen molar-refractivity contribution in [3.63, 3.8) is 0 Å². The minimum absolute atomic E-state index is 0. The predicted molar refractivity (Wildman–Crippen MR) is 178 cm³/mol. The third-order valence-corrected chi connectivity index (χ3v) is 7.64. The Balaban J connectivity index is 0.00000576. The van der Waals surface area contributed by atoms with Gasteiger partial charge in [0.1, 0.15) is 19.3 Å². The molecule has 2 amide bonds. The van der Waals surface area contributed by atoms with E-state index in [1.165, 1.54) is 0 Å². The van der Waals surface area contributed by atoms with Crippen LogP contribution in [0.5, 0.6) is 0 Å². The molecule has 0 radical (unpaired) electrons. The van der Waals surface area contributed by atoms with E-state index in [0.29, 0.717) is 19.6 Å². The molecule has 0 saturated carbocycles. The molecule has 46 heavy (non-hydrogen) atoms. The number of carbonyl (C=O) groups excluding carboxylic acids is 3. The second-order valence-electron chi connectivity index (χ2n) is 11.5. The Morgan fingerprint density at radius 1 is 0.826 bits per heavy atom. The molecule has 3 unspecified atom stereocenters. The summed E-state index contributed by atoms with van der Waals surface area (Å²) in [5.41, 5.74) is 10.5. The van der Waals surface area contributed by atoms with E-state index in [1.54, 1.807) is 0 Å². The fourth-order valence-electron chi connectivity index (χ4n) is 5.51. The van der Waals surface area contributed by atoms with Gasteiger partial charge >= 0.3 is 12.1 Å². The standard InChI is InChI=1S/C35H43N3O7.ClH/c1-23(2)20-31(34(41)44-19-18-43-17-16-36)37-33(40)32(39)30(21-24-10-4-3-5-11-24)38-35(42)45-22-29-27-14-8-6-12-25(27)26-13-7-9-15-28(26)29;/h3-15,23,29-32,39H,16-22,36H2,1-2H3,(H,37,40)(H,38,42);1H. The summed E-state index contributed by atoms with van der Waals surface area (Å²) in [6.07, 6.45) is -2.00. The Morgan fingerprint density at radius 2 is 1.43 bits per heavy atom. The van der Waals surface area contributed by atoms with E-state index in [4.69, 9.17) is 19.9 Å². The first-order valence-electron chi connectivity index (χ1n) is 15.4. The molecule has 0 aromatic heterocycles. The Hall–Kier alpha value is -3.96. The summed E-state index contributed by atoms with van der Waals surface area (Å²) in [7, 11) is 0. The molecule has 0 fully saturated rings. The van der Waals surface area contributed by atoms with Gasteiger partial charge in [-0.1, -0.05) is 92.7 Å². The third kappa shape index (κ3) is 10.0. The lowest BCUT2D eigenvalue weighted by Crippen LogP contribution is -2.55. The number of halogens is 1. The van der Waals surface area contributed by atoms with Gasteiger partial charge in [0.15, 0.2) is 6.10 Å². The lowest BCUT2D eigenvalue weighted by Gasteiger charge is -2.26. The van der Waals surface area contributed by atoms with Gasteiger partial charge in [-0.2, -0.15) is 0 Å². The Morgan fingerprint density at radius 3 is 2.04 bits per heavy atom. The van der Waals surface area contributed by atoms with Crippen LogP contribution in [0.25, 0.3) is 11.1 Å². The monoisotopic (exact) mass is 653 g/mol. The largest absolute Gasteiger partial charge is 0.462 e. The Bertz CT molecular complexity index is 1380. The number of esters is 1. The fraction of sp³-hybridized carbons (Fsp3) is 0.400. The zero-order valence-corrected chi connectivity index (χ0v) is 27.0. The molecule has 5 N–H and O–H groups in total. The van der Waals surface area contributed by atoms with E-state index in [0.717, 1.165) is 27.8 Å². The molecular weight excluding hydrogens is 610 g/mol. The van der Waals surface area contributed by atoms with E-state index in [1.807, 2.05) is 80.6 Å². The van der Waals surface area contributed by atoms with Crippen LogP contribution in [0, 0.1) is 5.92 Å². The summed E-state index contributed by atoms with van der Waals surface area (Å²) < 4.78 is 16.2. The number of benzene rings is 3. The van der Waals surface area contributed by atoms with Crippen LogP contribution in [0.15, 0.2) is 78.9 Å². The van der Waals surface area contributed by atoms with Gasteiger partial charge in [0, 0.05) is 12.5 Å². The minimum Gasteiger partial charge on any atom is -0.462 e. The molecule has 0 heterocycles. The highest BCUT2D eigenvalue weighted by atomic mass is 35.5. The SMILES string of the molecule is CC(C)CC(NC(=O)C(O)C(Cc1ccccc1)NC(=O)OCC1c2ccccc2-c2ccccc21)C(=O)OCCOCCN.Cl. The lowest BCUT2D eigenvalue weighted by atomic mass is 9.98. The summed E-state index contributed by atoms with van der Waals surface area (Å²) >= 11 is 0. The molecule has 0 saturated heterocycles. The van der Waals surface area contributed by atoms with Crippen molar-refractivity contribution in [2.45, 2.75) is 50.8 Å². The quantitative estimate of drug-likeness (QED) is 0.134. The molecule has 10 nitrogen and oxygen atoms in total. The van der Waals surface area contributed by atoms with Crippen LogP contribution in [0.4, 0.5) is 4.79 Å². The predicted octanol–water partition coefficient (Wildman–Crippen LogP) is 3.97. The first-order valence-corrected chi connectivity index (χ1v) is 15.4. The van der Waals surface area contributed by atoms with E-state index in [-0.39, 0.29) is 50.5 Å². The van der Waals surface area contributed by atoms with Crippen molar-refractivity contribution >= 4 is 30.4 Å². The number of aliphatic hydroxyl groups is 1.